The number of rotatable bonds is 8. The first-order valence-electron chi connectivity index (χ1n) is 11.0. The van der Waals surface area contributed by atoms with Crippen LogP contribution in [0, 0.1) is 6.92 Å². The van der Waals surface area contributed by atoms with Gasteiger partial charge in [-0.25, -0.2) is 4.98 Å². The number of nitrogens with one attached hydrogen (secondary N) is 1. The van der Waals surface area contributed by atoms with Crippen molar-refractivity contribution in [2.45, 2.75) is 26.8 Å². The van der Waals surface area contributed by atoms with E-state index >= 15 is 0 Å². The summed E-state index contributed by atoms with van der Waals surface area (Å²) in [7, 11) is 3.49. The van der Waals surface area contributed by atoms with Crippen LogP contribution in [0.3, 0.4) is 0 Å². The first kappa shape index (κ1) is 22.5. The lowest BCUT2D eigenvalue weighted by atomic mass is 10.1. The Hall–Kier alpha value is -3.65. The van der Waals surface area contributed by atoms with Gasteiger partial charge in [-0.05, 0) is 42.8 Å². The van der Waals surface area contributed by atoms with E-state index in [0.29, 0.717) is 22.6 Å². The molecule has 0 fully saturated rings. The summed E-state index contributed by atoms with van der Waals surface area (Å²) in [4.78, 5) is 20.0. The standard InChI is InChI=1S/C25H30N6O2/c1-17(2)26-8-9-30(20-10-18(3)11-22(12-20)33-5)19-6-7-24-23(13-19)25(32)31(16-27-24)21-14-28-29(4)15-21/h6-7,10-17,26H,8-9H2,1-5H3. The first-order chi connectivity index (χ1) is 15.9. The Kier molecular flexibility index (Phi) is 6.46. The van der Waals surface area contributed by atoms with Gasteiger partial charge in [-0.3, -0.25) is 14.0 Å². The zero-order valence-electron chi connectivity index (χ0n) is 19.7. The topological polar surface area (TPSA) is 77.2 Å². The summed E-state index contributed by atoms with van der Waals surface area (Å²) >= 11 is 0. The normalized spacial score (nSPS) is 11.3. The van der Waals surface area contributed by atoms with Gasteiger partial charge >= 0.3 is 0 Å². The molecule has 0 atom stereocenters. The van der Waals surface area contributed by atoms with Gasteiger partial charge in [0.15, 0.2) is 0 Å². The van der Waals surface area contributed by atoms with Crippen molar-refractivity contribution >= 4 is 22.3 Å². The van der Waals surface area contributed by atoms with Crippen LogP contribution in [-0.4, -0.2) is 45.6 Å². The first-order valence-corrected chi connectivity index (χ1v) is 11.0. The summed E-state index contributed by atoms with van der Waals surface area (Å²) in [5, 5.41) is 8.21. The third-order valence-corrected chi connectivity index (χ3v) is 5.49. The Morgan fingerprint density at radius 1 is 1.15 bits per heavy atom. The number of hydrogen-bond donors (Lipinski definition) is 1. The highest BCUT2D eigenvalue weighted by Crippen LogP contribution is 2.31. The molecule has 0 bridgehead atoms. The molecule has 0 amide bonds. The van der Waals surface area contributed by atoms with Crippen LogP contribution in [0.25, 0.3) is 16.6 Å². The highest BCUT2D eigenvalue weighted by Gasteiger charge is 2.15. The summed E-state index contributed by atoms with van der Waals surface area (Å²) in [6.45, 7) is 7.82. The maximum atomic E-state index is 13.3. The van der Waals surface area contributed by atoms with Gasteiger partial charge < -0.3 is 15.0 Å². The van der Waals surface area contributed by atoms with E-state index in [0.717, 1.165) is 35.8 Å². The van der Waals surface area contributed by atoms with E-state index in [1.807, 2.05) is 44.3 Å². The number of benzene rings is 2. The number of hydrogen-bond acceptors (Lipinski definition) is 6. The average molecular weight is 447 g/mol. The quantitative estimate of drug-likeness (QED) is 0.446. The molecule has 0 aliphatic carbocycles. The molecule has 0 aliphatic rings. The summed E-state index contributed by atoms with van der Waals surface area (Å²) in [6, 6.07) is 12.4. The number of methoxy groups -OCH3 is 1. The molecule has 1 N–H and O–H groups in total. The van der Waals surface area contributed by atoms with Crippen LogP contribution < -0.4 is 20.5 Å². The zero-order chi connectivity index (χ0) is 23.5. The van der Waals surface area contributed by atoms with E-state index in [-0.39, 0.29) is 5.56 Å². The third kappa shape index (κ3) is 4.90. The fourth-order valence-corrected chi connectivity index (χ4v) is 3.87. The van der Waals surface area contributed by atoms with Gasteiger partial charge in [-0.2, -0.15) is 5.10 Å². The molecule has 2 aromatic carbocycles. The smallest absolute Gasteiger partial charge is 0.265 e. The molecule has 2 aromatic heterocycles. The molecule has 33 heavy (non-hydrogen) atoms. The molecule has 4 aromatic rings. The van der Waals surface area contributed by atoms with E-state index in [2.05, 4.69) is 40.2 Å². The van der Waals surface area contributed by atoms with E-state index in [1.54, 1.807) is 30.5 Å². The second-order valence-electron chi connectivity index (χ2n) is 8.46. The largest absolute Gasteiger partial charge is 0.497 e. The molecular formula is C25H30N6O2. The Morgan fingerprint density at radius 3 is 2.67 bits per heavy atom. The average Bonchev–Trinajstić information content (AvgIpc) is 3.22. The maximum Gasteiger partial charge on any atom is 0.265 e. The molecule has 8 nitrogen and oxygen atoms in total. The van der Waals surface area contributed by atoms with Crippen molar-refractivity contribution in [1.82, 2.24) is 24.6 Å². The van der Waals surface area contributed by atoms with Crippen LogP contribution in [0.4, 0.5) is 11.4 Å². The van der Waals surface area contributed by atoms with Crippen molar-refractivity contribution < 1.29 is 4.74 Å². The molecule has 8 heteroatoms. The van der Waals surface area contributed by atoms with Crippen molar-refractivity contribution in [3.8, 4) is 11.4 Å². The van der Waals surface area contributed by atoms with Crippen molar-refractivity contribution in [2.75, 3.05) is 25.1 Å². The van der Waals surface area contributed by atoms with Crippen LogP contribution in [0.1, 0.15) is 19.4 Å². The van der Waals surface area contributed by atoms with Gasteiger partial charge in [0, 0.05) is 49.8 Å². The summed E-state index contributed by atoms with van der Waals surface area (Å²) < 4.78 is 8.70. The van der Waals surface area contributed by atoms with Crippen LogP contribution in [0.2, 0.25) is 0 Å². The molecule has 4 rings (SSSR count). The van der Waals surface area contributed by atoms with Crippen molar-refractivity contribution in [1.29, 1.82) is 0 Å². The van der Waals surface area contributed by atoms with Crippen LogP contribution in [0.15, 0.2) is 59.9 Å². The number of fused-ring (bicyclic) bond motifs is 1. The molecule has 0 saturated heterocycles. The minimum Gasteiger partial charge on any atom is -0.497 e. The highest BCUT2D eigenvalue weighted by atomic mass is 16.5. The van der Waals surface area contributed by atoms with Gasteiger partial charge in [-0.15, -0.1) is 0 Å². The van der Waals surface area contributed by atoms with Gasteiger partial charge in [-0.1, -0.05) is 13.8 Å². The lowest BCUT2D eigenvalue weighted by Crippen LogP contribution is -2.32. The second-order valence-corrected chi connectivity index (χ2v) is 8.46. The number of aryl methyl sites for hydroxylation is 2. The Labute approximate surface area is 193 Å². The zero-order valence-corrected chi connectivity index (χ0v) is 19.7. The third-order valence-electron chi connectivity index (χ3n) is 5.49. The van der Waals surface area contributed by atoms with Crippen molar-refractivity contribution in [3.63, 3.8) is 0 Å². The SMILES string of the molecule is COc1cc(C)cc(N(CCNC(C)C)c2ccc3ncn(-c4cnn(C)c4)c(=O)c3c2)c1. The summed E-state index contributed by atoms with van der Waals surface area (Å²) in [5.41, 5.74) is 4.25. The molecule has 0 spiro atoms. The minimum atomic E-state index is -0.128. The van der Waals surface area contributed by atoms with Crippen molar-refractivity contribution in [2.24, 2.45) is 7.05 Å². The number of nitrogens with zero attached hydrogens (tertiary/aromatic N) is 5. The van der Waals surface area contributed by atoms with Crippen LogP contribution >= 0.6 is 0 Å². The van der Waals surface area contributed by atoms with Gasteiger partial charge in [0.25, 0.3) is 5.56 Å². The molecule has 0 radical (unpaired) electrons. The Balaban J connectivity index is 1.81. The monoisotopic (exact) mass is 446 g/mol. The number of ether oxygens (including phenoxy) is 1. The lowest BCUT2D eigenvalue weighted by Gasteiger charge is -2.27. The second kappa shape index (κ2) is 9.46. The summed E-state index contributed by atoms with van der Waals surface area (Å²) in [5.74, 6) is 0.799. The fraction of sp³-hybridized carbons (Fsp3) is 0.320. The lowest BCUT2D eigenvalue weighted by molar-refractivity contribution is 0.414. The van der Waals surface area contributed by atoms with E-state index in [9.17, 15) is 4.79 Å². The molecule has 0 aliphatic heterocycles. The summed E-state index contributed by atoms with van der Waals surface area (Å²) in [6.07, 6.45) is 5.00. The van der Waals surface area contributed by atoms with E-state index in [4.69, 9.17) is 4.74 Å². The molecule has 2 heterocycles. The van der Waals surface area contributed by atoms with Crippen LogP contribution in [-0.2, 0) is 7.05 Å². The molecule has 172 valence electrons. The number of anilines is 2. The highest BCUT2D eigenvalue weighted by molar-refractivity contribution is 5.83. The maximum absolute atomic E-state index is 13.3. The molecule has 0 unspecified atom stereocenters. The molecular weight excluding hydrogens is 416 g/mol. The Morgan fingerprint density at radius 2 is 1.97 bits per heavy atom. The van der Waals surface area contributed by atoms with Gasteiger partial charge in [0.05, 0.1) is 29.9 Å². The van der Waals surface area contributed by atoms with E-state index in [1.165, 1.54) is 4.57 Å². The van der Waals surface area contributed by atoms with Gasteiger partial charge in [0.1, 0.15) is 12.1 Å². The fourth-order valence-electron chi connectivity index (χ4n) is 3.87. The number of aromatic nitrogens is 4. The predicted octanol–water partition coefficient (Wildman–Crippen LogP) is 3.57. The van der Waals surface area contributed by atoms with Crippen molar-refractivity contribution in [3.05, 3.63) is 71.0 Å². The van der Waals surface area contributed by atoms with E-state index < -0.39 is 0 Å². The minimum absolute atomic E-state index is 0.128. The predicted molar refractivity (Wildman–Crippen MR) is 132 cm³/mol. The molecule has 0 saturated carbocycles. The van der Waals surface area contributed by atoms with Crippen LogP contribution in [0.5, 0.6) is 5.75 Å². The van der Waals surface area contributed by atoms with Gasteiger partial charge in [0.2, 0.25) is 0 Å². The Bertz CT molecular complexity index is 1320.